The topological polar surface area (TPSA) is 76.7 Å². The number of nitrogens with one attached hydrogen (secondary N) is 2. The van der Waals surface area contributed by atoms with E-state index in [0.717, 1.165) is 17.9 Å². The van der Waals surface area contributed by atoms with Crippen molar-refractivity contribution in [2.75, 3.05) is 25.7 Å². The molecular formula is C20H34N2O4S. The fraction of sp³-hybridized carbons (Fsp3) is 0.600. The molecule has 0 fully saturated rings. The minimum absolute atomic E-state index is 0.0506. The van der Waals surface area contributed by atoms with Gasteiger partial charge in [-0.1, -0.05) is 37.3 Å². The van der Waals surface area contributed by atoms with E-state index in [2.05, 4.69) is 34.4 Å². The van der Waals surface area contributed by atoms with Crippen molar-refractivity contribution in [1.29, 1.82) is 0 Å². The first-order valence-corrected chi connectivity index (χ1v) is 10.5. The predicted molar refractivity (Wildman–Crippen MR) is 112 cm³/mol. The lowest BCUT2D eigenvalue weighted by Crippen LogP contribution is -2.49. The molecule has 0 aliphatic heterocycles. The highest BCUT2D eigenvalue weighted by Gasteiger charge is 2.19. The van der Waals surface area contributed by atoms with E-state index in [0.29, 0.717) is 26.4 Å². The highest BCUT2D eigenvalue weighted by atomic mass is 32.2. The summed E-state index contributed by atoms with van der Waals surface area (Å²) in [5.41, 5.74) is 1.28. The van der Waals surface area contributed by atoms with Crippen molar-refractivity contribution in [2.45, 2.75) is 52.0 Å². The summed E-state index contributed by atoms with van der Waals surface area (Å²) in [6, 6.07) is 10.3. The second kappa shape index (κ2) is 17.8. The Bertz CT molecular complexity index is 488. The molecule has 0 aromatic heterocycles. The molecule has 0 bridgehead atoms. The second-order valence-electron chi connectivity index (χ2n) is 5.76. The van der Waals surface area contributed by atoms with Crippen molar-refractivity contribution >= 4 is 24.1 Å². The molecule has 1 aromatic carbocycles. The third kappa shape index (κ3) is 14.2. The SMILES string of the molecule is CCOC=O.CCOCNC(CSCc1ccccc1)C(=O)NC(C)CC. The van der Waals surface area contributed by atoms with Crippen LogP contribution in [-0.2, 0) is 24.8 Å². The number of hydrogen-bond donors (Lipinski definition) is 2. The number of hydrogen-bond acceptors (Lipinski definition) is 6. The van der Waals surface area contributed by atoms with Gasteiger partial charge in [0, 0.05) is 24.2 Å². The van der Waals surface area contributed by atoms with Crippen LogP contribution in [0.4, 0.5) is 0 Å². The first-order valence-electron chi connectivity index (χ1n) is 9.37. The normalized spacial score (nSPS) is 12.3. The van der Waals surface area contributed by atoms with Crippen molar-refractivity contribution in [1.82, 2.24) is 10.6 Å². The highest BCUT2D eigenvalue weighted by molar-refractivity contribution is 7.98. The Labute approximate surface area is 167 Å². The van der Waals surface area contributed by atoms with Crippen molar-refractivity contribution in [2.24, 2.45) is 0 Å². The summed E-state index contributed by atoms with van der Waals surface area (Å²) in [7, 11) is 0. The summed E-state index contributed by atoms with van der Waals surface area (Å²) in [5.74, 6) is 1.68. The van der Waals surface area contributed by atoms with Crippen molar-refractivity contribution < 1.29 is 19.1 Å². The van der Waals surface area contributed by atoms with Crippen LogP contribution in [0.5, 0.6) is 0 Å². The number of amides is 1. The number of rotatable bonds is 13. The van der Waals surface area contributed by atoms with E-state index in [1.807, 2.05) is 32.0 Å². The Morgan fingerprint density at radius 2 is 1.89 bits per heavy atom. The van der Waals surface area contributed by atoms with E-state index in [1.54, 1.807) is 18.7 Å². The van der Waals surface area contributed by atoms with Crippen LogP contribution in [0.1, 0.15) is 39.7 Å². The number of benzene rings is 1. The number of carbonyl (C=O) groups is 2. The maximum absolute atomic E-state index is 12.3. The number of thioether (sulfide) groups is 1. The molecule has 0 radical (unpaired) electrons. The largest absolute Gasteiger partial charge is 0.468 e. The molecule has 0 saturated heterocycles. The Kier molecular flexibility index (Phi) is 16.8. The molecule has 154 valence electrons. The minimum Gasteiger partial charge on any atom is -0.468 e. The molecule has 27 heavy (non-hydrogen) atoms. The standard InChI is InChI=1S/C17H28N2O2S.C3H6O2/c1-4-14(3)19-17(20)16(18-13-21-5-2)12-22-11-15-9-7-6-8-10-15;1-2-5-3-4/h6-10,14,16,18H,4-5,11-13H2,1-3H3,(H,19,20);3H,2H2,1H3. The minimum atomic E-state index is -0.228. The quantitative estimate of drug-likeness (QED) is 0.302. The molecule has 0 spiro atoms. The molecule has 0 saturated carbocycles. The van der Waals surface area contributed by atoms with Crippen LogP contribution in [-0.4, -0.2) is 50.2 Å². The van der Waals surface area contributed by atoms with Crippen LogP contribution >= 0.6 is 11.8 Å². The molecular weight excluding hydrogens is 364 g/mol. The van der Waals surface area contributed by atoms with Crippen LogP contribution < -0.4 is 10.6 Å². The molecule has 1 aromatic rings. The first kappa shape index (κ1) is 25.4. The summed E-state index contributed by atoms with van der Waals surface area (Å²) in [4.78, 5) is 21.5. The molecule has 0 heterocycles. The van der Waals surface area contributed by atoms with E-state index in [-0.39, 0.29) is 18.0 Å². The van der Waals surface area contributed by atoms with Gasteiger partial charge in [0.25, 0.3) is 6.47 Å². The third-order valence-electron chi connectivity index (χ3n) is 3.58. The van der Waals surface area contributed by atoms with Gasteiger partial charge < -0.3 is 14.8 Å². The van der Waals surface area contributed by atoms with Gasteiger partial charge in [0.05, 0.1) is 19.4 Å². The molecule has 1 amide bonds. The van der Waals surface area contributed by atoms with Crippen LogP contribution in [0.15, 0.2) is 30.3 Å². The van der Waals surface area contributed by atoms with E-state index in [4.69, 9.17) is 4.74 Å². The Hall–Kier alpha value is -1.57. The monoisotopic (exact) mass is 398 g/mol. The van der Waals surface area contributed by atoms with Gasteiger partial charge in [-0.05, 0) is 32.8 Å². The fourth-order valence-corrected chi connectivity index (χ4v) is 2.92. The maximum Gasteiger partial charge on any atom is 0.293 e. The summed E-state index contributed by atoms with van der Waals surface area (Å²) < 4.78 is 9.46. The average Bonchev–Trinajstić information content (AvgIpc) is 2.68. The molecule has 1 rings (SSSR count). The Balaban J connectivity index is 0.00000119. The summed E-state index contributed by atoms with van der Waals surface area (Å²) in [6.45, 7) is 9.75. The smallest absolute Gasteiger partial charge is 0.293 e. The van der Waals surface area contributed by atoms with Gasteiger partial charge in [-0.2, -0.15) is 11.8 Å². The van der Waals surface area contributed by atoms with Crippen molar-refractivity contribution in [3.8, 4) is 0 Å². The first-order chi connectivity index (χ1) is 13.1. The lowest BCUT2D eigenvalue weighted by atomic mass is 10.2. The zero-order valence-electron chi connectivity index (χ0n) is 16.9. The van der Waals surface area contributed by atoms with Gasteiger partial charge in [0.1, 0.15) is 0 Å². The van der Waals surface area contributed by atoms with Crippen LogP contribution in [0, 0.1) is 0 Å². The molecule has 2 N–H and O–H groups in total. The predicted octanol–water partition coefficient (Wildman–Crippen LogP) is 2.97. The van der Waals surface area contributed by atoms with E-state index in [9.17, 15) is 9.59 Å². The summed E-state index contributed by atoms with van der Waals surface area (Å²) in [5, 5.41) is 6.22. The summed E-state index contributed by atoms with van der Waals surface area (Å²) in [6.07, 6.45) is 0.932. The van der Waals surface area contributed by atoms with Crippen molar-refractivity contribution in [3.05, 3.63) is 35.9 Å². The van der Waals surface area contributed by atoms with Crippen LogP contribution in [0.2, 0.25) is 0 Å². The molecule has 2 unspecified atom stereocenters. The van der Waals surface area contributed by atoms with Crippen LogP contribution in [0.3, 0.4) is 0 Å². The molecule has 0 aliphatic rings. The fourth-order valence-electron chi connectivity index (χ4n) is 1.87. The average molecular weight is 399 g/mol. The number of carbonyl (C=O) groups excluding carboxylic acids is 2. The van der Waals surface area contributed by atoms with Gasteiger partial charge in [-0.15, -0.1) is 0 Å². The molecule has 2 atom stereocenters. The molecule has 0 aliphatic carbocycles. The Morgan fingerprint density at radius 1 is 1.19 bits per heavy atom. The van der Waals surface area contributed by atoms with Crippen LogP contribution in [0.25, 0.3) is 0 Å². The van der Waals surface area contributed by atoms with Crippen molar-refractivity contribution in [3.63, 3.8) is 0 Å². The van der Waals surface area contributed by atoms with Gasteiger partial charge in [-0.3, -0.25) is 14.9 Å². The molecule has 7 heteroatoms. The van der Waals surface area contributed by atoms with E-state index >= 15 is 0 Å². The highest BCUT2D eigenvalue weighted by Crippen LogP contribution is 2.13. The lowest BCUT2D eigenvalue weighted by molar-refractivity contribution is -0.128. The zero-order chi connectivity index (χ0) is 20.3. The third-order valence-corrected chi connectivity index (χ3v) is 4.69. The lowest BCUT2D eigenvalue weighted by Gasteiger charge is -2.20. The van der Waals surface area contributed by atoms with Gasteiger partial charge in [0.2, 0.25) is 5.91 Å². The van der Waals surface area contributed by atoms with E-state index in [1.165, 1.54) is 5.56 Å². The van der Waals surface area contributed by atoms with Gasteiger partial charge >= 0.3 is 0 Å². The van der Waals surface area contributed by atoms with Gasteiger partial charge in [-0.25, -0.2) is 0 Å². The second-order valence-corrected chi connectivity index (χ2v) is 6.79. The van der Waals surface area contributed by atoms with E-state index < -0.39 is 0 Å². The zero-order valence-corrected chi connectivity index (χ0v) is 17.7. The maximum atomic E-state index is 12.3. The number of ether oxygens (including phenoxy) is 2. The molecule has 6 nitrogen and oxygen atoms in total. The Morgan fingerprint density at radius 3 is 2.41 bits per heavy atom. The summed E-state index contributed by atoms with van der Waals surface area (Å²) >= 11 is 1.76. The van der Waals surface area contributed by atoms with Gasteiger partial charge in [0.15, 0.2) is 0 Å².